The highest BCUT2D eigenvalue weighted by molar-refractivity contribution is 7.89. The SMILES string of the molecule is CCS(=O)(=O)NCCNC(=O)[C@@H](N)C(C)(C)C. The smallest absolute Gasteiger partial charge is 0.237 e. The van der Waals surface area contributed by atoms with E-state index in [1.807, 2.05) is 20.8 Å². The van der Waals surface area contributed by atoms with Gasteiger partial charge in [0, 0.05) is 13.1 Å². The van der Waals surface area contributed by atoms with Crippen LogP contribution in [0, 0.1) is 5.41 Å². The summed E-state index contributed by atoms with van der Waals surface area (Å²) in [5, 5.41) is 2.59. The number of nitrogens with two attached hydrogens (primary N) is 1. The van der Waals surface area contributed by atoms with Crippen LogP contribution in [0.3, 0.4) is 0 Å². The Labute approximate surface area is 103 Å². The summed E-state index contributed by atoms with van der Waals surface area (Å²) in [4.78, 5) is 11.6. The highest BCUT2D eigenvalue weighted by atomic mass is 32.2. The molecule has 0 aromatic carbocycles. The van der Waals surface area contributed by atoms with Gasteiger partial charge in [-0.2, -0.15) is 0 Å². The number of hydrogen-bond acceptors (Lipinski definition) is 4. The van der Waals surface area contributed by atoms with Crippen molar-refractivity contribution in [2.45, 2.75) is 33.7 Å². The van der Waals surface area contributed by atoms with E-state index in [1.54, 1.807) is 6.92 Å². The lowest BCUT2D eigenvalue weighted by Gasteiger charge is -2.25. The summed E-state index contributed by atoms with van der Waals surface area (Å²) < 4.78 is 24.5. The van der Waals surface area contributed by atoms with Crippen LogP contribution < -0.4 is 15.8 Å². The molecule has 1 atom stereocenters. The van der Waals surface area contributed by atoms with Crippen molar-refractivity contribution in [3.8, 4) is 0 Å². The van der Waals surface area contributed by atoms with Gasteiger partial charge in [-0.05, 0) is 12.3 Å². The summed E-state index contributed by atoms with van der Waals surface area (Å²) in [6, 6.07) is -0.606. The minimum atomic E-state index is -3.20. The van der Waals surface area contributed by atoms with Gasteiger partial charge in [0.05, 0.1) is 11.8 Å². The standard InChI is InChI=1S/C10H23N3O3S/c1-5-17(15,16)13-7-6-12-9(14)8(11)10(2,3)4/h8,13H,5-7,11H2,1-4H3,(H,12,14)/t8-/m1/s1. The molecule has 102 valence electrons. The Morgan fingerprint density at radius 1 is 1.29 bits per heavy atom. The van der Waals surface area contributed by atoms with E-state index in [1.165, 1.54) is 0 Å². The van der Waals surface area contributed by atoms with Gasteiger partial charge in [0.1, 0.15) is 0 Å². The van der Waals surface area contributed by atoms with Crippen LogP contribution in [0.4, 0.5) is 0 Å². The van der Waals surface area contributed by atoms with Gasteiger partial charge in [-0.15, -0.1) is 0 Å². The van der Waals surface area contributed by atoms with Crippen LogP contribution in [0.25, 0.3) is 0 Å². The van der Waals surface area contributed by atoms with E-state index in [4.69, 9.17) is 5.73 Å². The normalized spacial score (nSPS) is 14.4. The molecule has 0 bridgehead atoms. The van der Waals surface area contributed by atoms with Crippen molar-refractivity contribution in [2.75, 3.05) is 18.8 Å². The molecular weight excluding hydrogens is 242 g/mol. The second-order valence-electron chi connectivity index (χ2n) is 4.93. The molecule has 0 aliphatic rings. The van der Waals surface area contributed by atoms with Gasteiger partial charge in [-0.1, -0.05) is 20.8 Å². The molecular formula is C10H23N3O3S. The predicted octanol–water partition coefficient (Wildman–Crippen LogP) is -0.585. The third-order valence-corrected chi connectivity index (χ3v) is 3.75. The summed E-state index contributed by atoms with van der Waals surface area (Å²) in [5.41, 5.74) is 5.43. The summed E-state index contributed by atoms with van der Waals surface area (Å²) >= 11 is 0. The van der Waals surface area contributed by atoms with Crippen LogP contribution in [0.15, 0.2) is 0 Å². The second-order valence-corrected chi connectivity index (χ2v) is 7.03. The zero-order chi connectivity index (χ0) is 13.7. The zero-order valence-electron chi connectivity index (χ0n) is 10.9. The van der Waals surface area contributed by atoms with Crippen LogP contribution >= 0.6 is 0 Å². The van der Waals surface area contributed by atoms with E-state index in [2.05, 4.69) is 10.0 Å². The Hall–Kier alpha value is -0.660. The van der Waals surface area contributed by atoms with Gasteiger partial charge < -0.3 is 11.1 Å². The average molecular weight is 265 g/mol. The molecule has 17 heavy (non-hydrogen) atoms. The van der Waals surface area contributed by atoms with E-state index in [0.717, 1.165) is 0 Å². The molecule has 0 rings (SSSR count). The largest absolute Gasteiger partial charge is 0.353 e. The lowest BCUT2D eigenvalue weighted by molar-refractivity contribution is -0.124. The van der Waals surface area contributed by atoms with Gasteiger partial charge in [-0.25, -0.2) is 13.1 Å². The van der Waals surface area contributed by atoms with E-state index in [9.17, 15) is 13.2 Å². The first kappa shape index (κ1) is 16.3. The second kappa shape index (κ2) is 6.32. The fraction of sp³-hybridized carbons (Fsp3) is 0.900. The van der Waals surface area contributed by atoms with E-state index in [0.29, 0.717) is 0 Å². The van der Waals surface area contributed by atoms with Gasteiger partial charge in [0.2, 0.25) is 15.9 Å². The molecule has 0 saturated heterocycles. The lowest BCUT2D eigenvalue weighted by atomic mass is 9.87. The minimum absolute atomic E-state index is 0.0302. The first-order chi connectivity index (χ1) is 7.60. The summed E-state index contributed by atoms with van der Waals surface area (Å²) in [7, 11) is -3.20. The first-order valence-corrected chi connectivity index (χ1v) is 7.26. The van der Waals surface area contributed by atoms with E-state index >= 15 is 0 Å². The maximum absolute atomic E-state index is 11.6. The quantitative estimate of drug-likeness (QED) is 0.559. The zero-order valence-corrected chi connectivity index (χ0v) is 11.7. The number of carbonyl (C=O) groups excluding carboxylic acids is 1. The number of amides is 1. The number of hydrogen-bond donors (Lipinski definition) is 3. The fourth-order valence-electron chi connectivity index (χ4n) is 0.998. The number of nitrogens with one attached hydrogen (secondary N) is 2. The van der Waals surface area contributed by atoms with Gasteiger partial charge in [0.15, 0.2) is 0 Å². The number of rotatable bonds is 6. The van der Waals surface area contributed by atoms with Crippen LogP contribution in [0.1, 0.15) is 27.7 Å². The maximum Gasteiger partial charge on any atom is 0.237 e. The molecule has 4 N–H and O–H groups in total. The third kappa shape index (κ3) is 6.60. The molecule has 0 spiro atoms. The maximum atomic E-state index is 11.6. The van der Waals surface area contributed by atoms with Crippen LogP contribution in [0.5, 0.6) is 0 Å². The van der Waals surface area contributed by atoms with Crippen molar-refractivity contribution in [3.05, 3.63) is 0 Å². The fourth-order valence-corrected chi connectivity index (χ4v) is 1.61. The minimum Gasteiger partial charge on any atom is -0.353 e. The van der Waals surface area contributed by atoms with Crippen LogP contribution in [0.2, 0.25) is 0 Å². The van der Waals surface area contributed by atoms with Gasteiger partial charge in [0.25, 0.3) is 0 Å². The monoisotopic (exact) mass is 265 g/mol. The molecule has 6 nitrogen and oxygen atoms in total. The number of sulfonamides is 1. The van der Waals surface area contributed by atoms with Crippen molar-refractivity contribution in [3.63, 3.8) is 0 Å². The van der Waals surface area contributed by atoms with Crippen molar-refractivity contribution in [1.82, 2.24) is 10.0 Å². The highest BCUT2D eigenvalue weighted by Gasteiger charge is 2.26. The molecule has 0 aliphatic carbocycles. The third-order valence-electron chi connectivity index (χ3n) is 2.34. The predicted molar refractivity (Wildman–Crippen MR) is 67.9 cm³/mol. The molecule has 0 aromatic rings. The van der Waals surface area contributed by atoms with Crippen LogP contribution in [-0.4, -0.2) is 39.2 Å². The highest BCUT2D eigenvalue weighted by Crippen LogP contribution is 2.16. The Balaban J connectivity index is 3.96. The van der Waals surface area contributed by atoms with Crippen molar-refractivity contribution < 1.29 is 13.2 Å². The van der Waals surface area contributed by atoms with Gasteiger partial charge in [-0.3, -0.25) is 4.79 Å². The summed E-state index contributed by atoms with van der Waals surface area (Å²) in [5.74, 6) is -0.240. The Bertz CT molecular complexity index is 346. The van der Waals surface area contributed by atoms with Crippen molar-refractivity contribution in [2.24, 2.45) is 11.1 Å². The Kier molecular flexibility index (Phi) is 6.08. The molecule has 7 heteroatoms. The molecule has 1 amide bonds. The van der Waals surface area contributed by atoms with Crippen molar-refractivity contribution >= 4 is 15.9 Å². The Morgan fingerprint density at radius 3 is 2.24 bits per heavy atom. The Morgan fingerprint density at radius 2 is 1.82 bits per heavy atom. The topological polar surface area (TPSA) is 101 Å². The van der Waals surface area contributed by atoms with Crippen molar-refractivity contribution in [1.29, 1.82) is 0 Å². The number of carbonyl (C=O) groups is 1. The molecule has 0 saturated carbocycles. The van der Waals surface area contributed by atoms with Crippen LogP contribution in [-0.2, 0) is 14.8 Å². The average Bonchev–Trinajstić information content (AvgIpc) is 2.21. The van der Waals surface area contributed by atoms with E-state index in [-0.39, 0.29) is 30.2 Å². The molecule has 0 fully saturated rings. The van der Waals surface area contributed by atoms with E-state index < -0.39 is 16.1 Å². The molecule has 0 heterocycles. The molecule has 0 unspecified atom stereocenters. The summed E-state index contributed by atoms with van der Waals surface area (Å²) in [6.07, 6.45) is 0. The summed E-state index contributed by atoms with van der Waals surface area (Å²) in [6.45, 7) is 7.59. The van der Waals surface area contributed by atoms with Gasteiger partial charge >= 0.3 is 0 Å². The molecule has 0 aliphatic heterocycles. The first-order valence-electron chi connectivity index (χ1n) is 5.61. The molecule has 0 aromatic heterocycles. The molecule has 0 radical (unpaired) electrons. The lowest BCUT2D eigenvalue weighted by Crippen LogP contribution is -2.50.